The summed E-state index contributed by atoms with van der Waals surface area (Å²) >= 11 is 5.98. The number of likely N-dealkylation sites (N-methyl/N-ethyl adjacent to an activating group) is 1. The first-order valence-corrected chi connectivity index (χ1v) is 12.8. The number of amides is 1. The Morgan fingerprint density at radius 3 is 2.47 bits per heavy atom. The molecule has 4 aliphatic rings. The fourth-order valence-corrected chi connectivity index (χ4v) is 7.35. The summed E-state index contributed by atoms with van der Waals surface area (Å²) < 4.78 is 40.7. The van der Waals surface area contributed by atoms with Crippen molar-refractivity contribution in [1.29, 1.82) is 0 Å². The Labute approximate surface area is 193 Å². The number of hydrogen-bond donors (Lipinski definition) is 2. The number of halogens is 2. The van der Waals surface area contributed by atoms with Crippen LogP contribution in [0.4, 0.5) is 4.39 Å². The Kier molecular flexibility index (Phi) is 5.83. The average molecular weight is 485 g/mol. The molecular weight excluding hydrogens is 455 g/mol. The Morgan fingerprint density at radius 2 is 1.91 bits per heavy atom. The summed E-state index contributed by atoms with van der Waals surface area (Å²) in [6.07, 6.45) is 1.91. The number of hydrogen-bond acceptors (Lipinski definition) is 5. The number of sulfonamides is 1. The largest absolute Gasteiger partial charge is 0.366 e. The van der Waals surface area contributed by atoms with Crippen LogP contribution in [-0.2, 0) is 21.4 Å². The maximum Gasteiger partial charge on any atom is 0.247 e. The van der Waals surface area contributed by atoms with Crippen LogP contribution in [0.2, 0.25) is 5.02 Å². The number of carbonyl (C=O) groups is 1. The third-order valence-corrected chi connectivity index (χ3v) is 9.27. The molecule has 0 radical (unpaired) electrons. The summed E-state index contributed by atoms with van der Waals surface area (Å²) in [4.78, 5) is 17.0. The van der Waals surface area contributed by atoms with E-state index in [-0.39, 0.29) is 30.0 Å². The summed E-state index contributed by atoms with van der Waals surface area (Å²) in [5, 5.41) is 6.67. The molecule has 176 valence electrons. The molecule has 2 N–H and O–H groups in total. The van der Waals surface area contributed by atoms with Gasteiger partial charge in [0.1, 0.15) is 5.84 Å². The average Bonchev–Trinajstić information content (AvgIpc) is 2.99. The molecule has 3 saturated carbocycles. The van der Waals surface area contributed by atoms with Crippen LogP contribution in [-0.4, -0.2) is 61.1 Å². The number of aliphatic imine (C=N–C) groups is 1. The van der Waals surface area contributed by atoms with Gasteiger partial charge >= 0.3 is 0 Å². The molecule has 10 heteroatoms. The molecule has 0 spiro atoms. The zero-order valence-corrected chi connectivity index (χ0v) is 20.2. The van der Waals surface area contributed by atoms with Gasteiger partial charge in [-0.05, 0) is 57.2 Å². The van der Waals surface area contributed by atoms with E-state index in [1.807, 2.05) is 26.0 Å². The number of alkyl halides is 1. The van der Waals surface area contributed by atoms with Crippen LogP contribution in [0.5, 0.6) is 0 Å². The highest BCUT2D eigenvalue weighted by molar-refractivity contribution is 7.89. The highest BCUT2D eigenvalue weighted by atomic mass is 35.5. The number of benzene rings is 1. The van der Waals surface area contributed by atoms with E-state index in [0.29, 0.717) is 24.3 Å². The third-order valence-electron chi connectivity index (χ3n) is 7.02. The number of nitrogens with zero attached hydrogens (tertiary/aromatic N) is 2. The van der Waals surface area contributed by atoms with Gasteiger partial charge in [-0.2, -0.15) is 4.31 Å². The lowest BCUT2D eigenvalue weighted by molar-refractivity contribution is -0.151. The first-order valence-electron chi connectivity index (χ1n) is 10.9. The second kappa shape index (κ2) is 7.95. The lowest BCUT2D eigenvalue weighted by atomic mass is 9.38. The molecule has 1 atom stereocenters. The van der Waals surface area contributed by atoms with Crippen molar-refractivity contribution in [2.75, 3.05) is 19.5 Å². The van der Waals surface area contributed by atoms with E-state index in [1.54, 1.807) is 23.5 Å². The SMILES string of the molecule is CNC(=O)[C@@H]1N=C(C23CC(N(Cc4ccc(Cl)cc4)S(=O)(=O)CCCF)(C2)C3)NC1(C)C. The van der Waals surface area contributed by atoms with Crippen molar-refractivity contribution in [2.24, 2.45) is 10.4 Å². The number of nitrogens with one attached hydrogen (secondary N) is 2. The molecule has 0 unspecified atom stereocenters. The van der Waals surface area contributed by atoms with Crippen molar-refractivity contribution in [3.8, 4) is 0 Å². The molecular formula is C22H30ClFN4O3S. The van der Waals surface area contributed by atoms with Gasteiger partial charge in [0.2, 0.25) is 15.9 Å². The molecule has 1 aromatic rings. The van der Waals surface area contributed by atoms with Crippen molar-refractivity contribution < 1.29 is 17.6 Å². The summed E-state index contributed by atoms with van der Waals surface area (Å²) in [6, 6.07) is 6.60. The second-order valence-electron chi connectivity index (χ2n) is 9.87. The molecule has 32 heavy (non-hydrogen) atoms. The van der Waals surface area contributed by atoms with Crippen LogP contribution in [0.3, 0.4) is 0 Å². The van der Waals surface area contributed by atoms with Crippen LogP contribution in [0.15, 0.2) is 29.3 Å². The Hall–Kier alpha value is -1.71. The second-order valence-corrected chi connectivity index (χ2v) is 12.3. The summed E-state index contributed by atoms with van der Waals surface area (Å²) in [5.74, 6) is 0.444. The topological polar surface area (TPSA) is 90.9 Å². The maximum atomic E-state index is 13.2. The van der Waals surface area contributed by atoms with Gasteiger partial charge in [0.15, 0.2) is 6.04 Å². The molecule has 1 heterocycles. The molecule has 5 rings (SSSR count). The molecule has 1 aliphatic heterocycles. The molecule has 2 bridgehead atoms. The van der Waals surface area contributed by atoms with Crippen LogP contribution in [0.1, 0.15) is 45.1 Å². The van der Waals surface area contributed by atoms with Crippen molar-refractivity contribution in [3.05, 3.63) is 34.9 Å². The minimum Gasteiger partial charge on any atom is -0.366 e. The maximum absolute atomic E-state index is 13.2. The van der Waals surface area contributed by atoms with Crippen molar-refractivity contribution in [2.45, 2.75) is 63.2 Å². The quantitative estimate of drug-likeness (QED) is 0.563. The highest BCUT2D eigenvalue weighted by Gasteiger charge is 2.75. The van der Waals surface area contributed by atoms with Gasteiger partial charge in [0.25, 0.3) is 0 Å². The molecule has 0 aromatic heterocycles. The zero-order chi connectivity index (χ0) is 23.4. The van der Waals surface area contributed by atoms with Crippen molar-refractivity contribution in [3.63, 3.8) is 0 Å². The van der Waals surface area contributed by atoms with Gasteiger partial charge in [0.05, 0.1) is 18.0 Å². The third kappa shape index (κ3) is 3.82. The van der Waals surface area contributed by atoms with E-state index >= 15 is 0 Å². The lowest BCUT2D eigenvalue weighted by Gasteiger charge is -2.73. The molecule has 0 saturated heterocycles. The fraction of sp³-hybridized carbons (Fsp3) is 0.636. The molecule has 7 nitrogen and oxygen atoms in total. The molecule has 3 fully saturated rings. The van der Waals surface area contributed by atoms with Crippen molar-refractivity contribution >= 4 is 33.4 Å². The van der Waals surface area contributed by atoms with E-state index in [1.165, 1.54) is 0 Å². The van der Waals surface area contributed by atoms with Gasteiger partial charge in [-0.3, -0.25) is 14.2 Å². The van der Waals surface area contributed by atoms with Crippen LogP contribution < -0.4 is 10.6 Å². The number of rotatable bonds is 9. The van der Waals surface area contributed by atoms with Crippen molar-refractivity contribution in [1.82, 2.24) is 14.9 Å². The summed E-state index contributed by atoms with van der Waals surface area (Å²) in [7, 11) is -2.04. The van der Waals surface area contributed by atoms with Crippen LogP contribution in [0.25, 0.3) is 0 Å². The van der Waals surface area contributed by atoms with Gasteiger partial charge < -0.3 is 10.6 Å². The summed E-state index contributed by atoms with van der Waals surface area (Å²) in [5.41, 5.74) is -0.384. The van der Waals surface area contributed by atoms with E-state index in [4.69, 9.17) is 16.6 Å². The first kappa shape index (κ1) is 23.4. The molecule has 1 amide bonds. The molecule has 1 aromatic carbocycles. The smallest absolute Gasteiger partial charge is 0.247 e. The normalized spacial score (nSPS) is 30.2. The van der Waals surface area contributed by atoms with E-state index in [0.717, 1.165) is 11.4 Å². The van der Waals surface area contributed by atoms with Gasteiger partial charge in [-0.1, -0.05) is 23.7 Å². The standard InChI is InChI=1S/C22H30ClFN4O3S/c1-20(2)17(18(29)25-3)26-19(27-20)21-12-22(13-21,14-21)28(32(30,31)10-4-9-24)11-15-5-7-16(23)8-6-15/h5-8,17H,4,9-14H2,1-3H3,(H,25,29)(H,26,27)/t17-,21?,22?/m0/s1. The Bertz CT molecular complexity index is 1020. The number of amidine groups is 1. The van der Waals surface area contributed by atoms with E-state index < -0.39 is 33.8 Å². The minimum absolute atomic E-state index is 0.0169. The summed E-state index contributed by atoms with van der Waals surface area (Å²) in [6.45, 7) is 3.45. The predicted octanol–water partition coefficient (Wildman–Crippen LogP) is 2.65. The number of carbonyl (C=O) groups excluding carboxylic acids is 1. The lowest BCUT2D eigenvalue weighted by Crippen LogP contribution is -2.78. The van der Waals surface area contributed by atoms with E-state index in [9.17, 15) is 17.6 Å². The monoisotopic (exact) mass is 484 g/mol. The Morgan fingerprint density at radius 1 is 1.28 bits per heavy atom. The highest BCUT2D eigenvalue weighted by Crippen LogP contribution is 2.71. The zero-order valence-electron chi connectivity index (χ0n) is 18.6. The van der Waals surface area contributed by atoms with Crippen LogP contribution >= 0.6 is 11.6 Å². The molecule has 3 aliphatic carbocycles. The minimum atomic E-state index is -3.64. The Balaban J connectivity index is 1.55. The predicted molar refractivity (Wildman–Crippen MR) is 123 cm³/mol. The van der Waals surface area contributed by atoms with Crippen LogP contribution in [0, 0.1) is 5.41 Å². The van der Waals surface area contributed by atoms with Gasteiger partial charge in [0, 0.05) is 29.6 Å². The van der Waals surface area contributed by atoms with E-state index in [2.05, 4.69) is 10.6 Å². The fourth-order valence-electron chi connectivity index (χ4n) is 5.40. The van der Waals surface area contributed by atoms with Gasteiger partial charge in [-0.15, -0.1) is 0 Å². The first-order chi connectivity index (χ1) is 15.0. The van der Waals surface area contributed by atoms with Gasteiger partial charge in [-0.25, -0.2) is 8.42 Å².